The summed E-state index contributed by atoms with van der Waals surface area (Å²) in [7, 11) is 0. The maximum Gasteiger partial charge on any atom is 0.410 e. The van der Waals surface area contributed by atoms with Gasteiger partial charge in [0, 0.05) is 6.54 Å². The molecule has 3 aromatic rings. The van der Waals surface area contributed by atoms with E-state index in [4.69, 9.17) is 9.47 Å². The van der Waals surface area contributed by atoms with Gasteiger partial charge >= 0.3 is 6.09 Å². The number of rotatable bonds is 3. The molecular formula is C17H16FN5O3. The average molecular weight is 357 g/mol. The van der Waals surface area contributed by atoms with Crippen molar-refractivity contribution in [2.45, 2.75) is 12.7 Å². The van der Waals surface area contributed by atoms with E-state index in [1.54, 1.807) is 23.2 Å². The van der Waals surface area contributed by atoms with Crippen molar-refractivity contribution in [2.24, 2.45) is 0 Å². The van der Waals surface area contributed by atoms with Crippen LogP contribution in [-0.4, -0.2) is 50.6 Å². The maximum atomic E-state index is 12.9. The van der Waals surface area contributed by atoms with Gasteiger partial charge in [-0.1, -0.05) is 12.1 Å². The van der Waals surface area contributed by atoms with Crippen molar-refractivity contribution >= 4 is 17.3 Å². The second-order valence-corrected chi connectivity index (χ2v) is 5.87. The number of fused-ring (bicyclic) bond motifs is 1. The Hall–Kier alpha value is -3.07. The highest BCUT2D eigenvalue weighted by molar-refractivity contribution is 5.69. The van der Waals surface area contributed by atoms with Crippen LogP contribution in [0.4, 0.5) is 9.18 Å². The number of nitrogens with one attached hydrogen (secondary N) is 1. The monoisotopic (exact) mass is 357 g/mol. The van der Waals surface area contributed by atoms with E-state index in [2.05, 4.69) is 19.9 Å². The van der Waals surface area contributed by atoms with Gasteiger partial charge < -0.3 is 19.4 Å². The fraction of sp³-hybridized carbons (Fsp3) is 0.294. The molecule has 1 saturated heterocycles. The third-order valence-corrected chi connectivity index (χ3v) is 4.09. The molecule has 4 rings (SSSR count). The Kier molecular flexibility index (Phi) is 4.44. The Morgan fingerprint density at radius 1 is 1.38 bits per heavy atom. The minimum Gasteiger partial charge on any atom is -0.445 e. The summed E-state index contributed by atoms with van der Waals surface area (Å²) in [6.07, 6.45) is 2.21. The smallest absolute Gasteiger partial charge is 0.410 e. The molecule has 134 valence electrons. The molecule has 0 unspecified atom stereocenters. The van der Waals surface area contributed by atoms with Crippen molar-refractivity contribution in [3.8, 4) is 0 Å². The van der Waals surface area contributed by atoms with Crippen molar-refractivity contribution in [3.05, 3.63) is 54.0 Å². The fourth-order valence-corrected chi connectivity index (χ4v) is 2.73. The molecule has 0 saturated carbocycles. The lowest BCUT2D eigenvalue weighted by molar-refractivity contribution is -0.0330. The maximum absolute atomic E-state index is 12.9. The number of nitrogens with zero attached hydrogens (tertiary/aromatic N) is 4. The Balaban J connectivity index is 1.39. The number of imidazole rings is 1. The van der Waals surface area contributed by atoms with E-state index >= 15 is 0 Å². The van der Waals surface area contributed by atoms with Crippen molar-refractivity contribution < 1.29 is 18.7 Å². The normalized spacial score (nSPS) is 17.4. The van der Waals surface area contributed by atoms with E-state index in [0.717, 1.165) is 5.56 Å². The number of aromatic nitrogens is 4. The summed E-state index contributed by atoms with van der Waals surface area (Å²) < 4.78 is 23.9. The van der Waals surface area contributed by atoms with Gasteiger partial charge in [-0.25, -0.2) is 24.1 Å². The molecule has 2 aromatic heterocycles. The number of carbonyl (C=O) groups excluding carboxylic acids is 1. The first-order valence-electron chi connectivity index (χ1n) is 8.12. The molecule has 1 amide bonds. The zero-order valence-electron chi connectivity index (χ0n) is 13.8. The summed E-state index contributed by atoms with van der Waals surface area (Å²) >= 11 is 0. The molecule has 9 heteroatoms. The lowest BCUT2D eigenvalue weighted by atomic mass is 10.2. The number of morpholine rings is 1. The van der Waals surface area contributed by atoms with Crippen LogP contribution < -0.4 is 0 Å². The third kappa shape index (κ3) is 3.47. The Labute approximate surface area is 148 Å². The number of ether oxygens (including phenoxy) is 2. The summed E-state index contributed by atoms with van der Waals surface area (Å²) in [5.74, 6) is 0.267. The quantitative estimate of drug-likeness (QED) is 0.772. The van der Waals surface area contributed by atoms with Crippen LogP contribution in [0.1, 0.15) is 17.5 Å². The minimum absolute atomic E-state index is 0.0847. The topological polar surface area (TPSA) is 93.2 Å². The zero-order chi connectivity index (χ0) is 17.9. The number of hydrogen-bond acceptors (Lipinski definition) is 6. The highest BCUT2D eigenvalue weighted by Crippen LogP contribution is 2.22. The molecule has 0 radical (unpaired) electrons. The fourth-order valence-electron chi connectivity index (χ4n) is 2.73. The predicted octanol–water partition coefficient (Wildman–Crippen LogP) is 2.20. The van der Waals surface area contributed by atoms with Crippen LogP contribution in [0.15, 0.2) is 36.8 Å². The summed E-state index contributed by atoms with van der Waals surface area (Å²) in [6, 6.07) is 5.83. The van der Waals surface area contributed by atoms with Crippen LogP contribution in [0.5, 0.6) is 0 Å². The van der Waals surface area contributed by atoms with Gasteiger partial charge in [0.05, 0.1) is 19.3 Å². The number of carbonyl (C=O) groups is 1. The Bertz CT molecular complexity index is 881. The van der Waals surface area contributed by atoms with Crippen LogP contribution in [-0.2, 0) is 16.1 Å². The first kappa shape index (κ1) is 16.4. The van der Waals surface area contributed by atoms with E-state index in [1.807, 2.05) is 0 Å². The van der Waals surface area contributed by atoms with E-state index in [-0.39, 0.29) is 12.4 Å². The average Bonchev–Trinajstić information content (AvgIpc) is 3.12. The van der Waals surface area contributed by atoms with Gasteiger partial charge in [-0.05, 0) is 17.7 Å². The van der Waals surface area contributed by atoms with Crippen LogP contribution in [0.2, 0.25) is 0 Å². The molecule has 1 fully saturated rings. The van der Waals surface area contributed by atoms with Crippen LogP contribution in [0.3, 0.4) is 0 Å². The Morgan fingerprint density at radius 3 is 3.04 bits per heavy atom. The van der Waals surface area contributed by atoms with Crippen LogP contribution in [0, 0.1) is 5.82 Å². The third-order valence-electron chi connectivity index (χ3n) is 4.09. The van der Waals surface area contributed by atoms with Crippen molar-refractivity contribution in [3.63, 3.8) is 0 Å². The largest absolute Gasteiger partial charge is 0.445 e. The summed E-state index contributed by atoms with van der Waals surface area (Å²) in [4.78, 5) is 29.4. The van der Waals surface area contributed by atoms with Gasteiger partial charge in [-0.3, -0.25) is 0 Å². The van der Waals surface area contributed by atoms with Gasteiger partial charge in [0.1, 0.15) is 36.2 Å². The van der Waals surface area contributed by atoms with E-state index in [9.17, 15) is 9.18 Å². The van der Waals surface area contributed by atoms with Crippen molar-refractivity contribution in [1.29, 1.82) is 0 Å². The minimum atomic E-state index is -0.446. The Morgan fingerprint density at radius 2 is 2.23 bits per heavy atom. The molecular weight excluding hydrogens is 341 g/mol. The van der Waals surface area contributed by atoms with Crippen LogP contribution in [0.25, 0.3) is 11.2 Å². The van der Waals surface area contributed by atoms with Gasteiger partial charge in [0.2, 0.25) is 0 Å². The summed E-state index contributed by atoms with van der Waals surface area (Å²) in [5, 5.41) is 0. The van der Waals surface area contributed by atoms with Crippen molar-refractivity contribution in [1.82, 2.24) is 24.8 Å². The number of hydrogen-bond donors (Lipinski definition) is 1. The first-order valence-corrected chi connectivity index (χ1v) is 8.12. The molecule has 1 aliphatic rings. The lowest BCUT2D eigenvalue weighted by Crippen LogP contribution is -2.42. The second kappa shape index (κ2) is 7.04. The predicted molar refractivity (Wildman–Crippen MR) is 88.5 cm³/mol. The van der Waals surface area contributed by atoms with Gasteiger partial charge in [-0.2, -0.15) is 0 Å². The number of amides is 1. The molecule has 26 heavy (non-hydrogen) atoms. The molecule has 3 heterocycles. The number of aromatic amines is 1. The molecule has 1 aliphatic heterocycles. The SMILES string of the molecule is O=C(OCc1ccc(F)cc1)N1CCO[C@H](c2nc3cncnc3[nH]2)C1. The second-order valence-electron chi connectivity index (χ2n) is 5.87. The van der Waals surface area contributed by atoms with Gasteiger partial charge in [0.15, 0.2) is 5.65 Å². The first-order chi connectivity index (χ1) is 12.7. The molecule has 1 atom stereocenters. The molecule has 1 aromatic carbocycles. The molecule has 8 nitrogen and oxygen atoms in total. The van der Waals surface area contributed by atoms with Gasteiger partial charge in [-0.15, -0.1) is 0 Å². The van der Waals surface area contributed by atoms with Crippen molar-refractivity contribution in [2.75, 3.05) is 19.7 Å². The standard InChI is InChI=1S/C17H16FN5O3/c18-12-3-1-11(2-4-12)9-26-17(24)23-5-6-25-14(8-23)16-21-13-7-19-10-20-15(13)22-16/h1-4,7,10,14H,5-6,8-9H2,(H,19,20,21,22)/t14-/m0/s1. The summed E-state index contributed by atoms with van der Waals surface area (Å²) in [6.45, 7) is 1.20. The van der Waals surface area contributed by atoms with E-state index < -0.39 is 12.2 Å². The number of halogens is 1. The van der Waals surface area contributed by atoms with Gasteiger partial charge in [0.25, 0.3) is 0 Å². The highest BCUT2D eigenvalue weighted by Gasteiger charge is 2.28. The highest BCUT2D eigenvalue weighted by atomic mass is 19.1. The number of H-pyrrole nitrogens is 1. The molecule has 1 N–H and O–H groups in total. The van der Waals surface area contributed by atoms with Crippen LogP contribution >= 0.6 is 0 Å². The molecule has 0 aliphatic carbocycles. The molecule has 0 bridgehead atoms. The summed E-state index contributed by atoms with van der Waals surface area (Å²) in [5.41, 5.74) is 1.98. The zero-order valence-corrected chi connectivity index (χ0v) is 13.8. The lowest BCUT2D eigenvalue weighted by Gasteiger charge is -2.31. The number of benzene rings is 1. The van der Waals surface area contributed by atoms with E-state index in [0.29, 0.717) is 36.7 Å². The molecule has 0 spiro atoms. The van der Waals surface area contributed by atoms with E-state index in [1.165, 1.54) is 18.5 Å².